The highest BCUT2D eigenvalue weighted by Crippen LogP contribution is 2.34. The summed E-state index contributed by atoms with van der Waals surface area (Å²) >= 11 is 0. The third-order valence-electron chi connectivity index (χ3n) is 3.50. The van der Waals surface area contributed by atoms with Crippen LogP contribution in [-0.2, 0) is 10.2 Å². The standard InChI is InChI=1S/C15H22N2O2/c1-14(2,3)19-13(18)17-10-7-15(4,11-17)12-5-8-16-9-6-12/h5-6,8-9H,7,10-11H2,1-4H3. The number of amides is 1. The van der Waals surface area contributed by atoms with Gasteiger partial charge < -0.3 is 9.64 Å². The number of hydrogen-bond acceptors (Lipinski definition) is 3. The van der Waals surface area contributed by atoms with Crippen molar-refractivity contribution in [3.05, 3.63) is 30.1 Å². The van der Waals surface area contributed by atoms with E-state index in [2.05, 4.69) is 11.9 Å². The molecule has 1 saturated heterocycles. The summed E-state index contributed by atoms with van der Waals surface area (Å²) in [6.07, 6.45) is 4.34. The molecule has 1 aliphatic rings. The number of carbonyl (C=O) groups is 1. The van der Waals surface area contributed by atoms with E-state index in [9.17, 15) is 4.79 Å². The molecule has 2 heterocycles. The fraction of sp³-hybridized carbons (Fsp3) is 0.600. The van der Waals surface area contributed by atoms with Crippen LogP contribution in [-0.4, -0.2) is 34.7 Å². The van der Waals surface area contributed by atoms with Gasteiger partial charge in [-0.3, -0.25) is 4.98 Å². The summed E-state index contributed by atoms with van der Waals surface area (Å²) in [6.45, 7) is 9.31. The monoisotopic (exact) mass is 262 g/mol. The minimum atomic E-state index is -0.438. The Hall–Kier alpha value is -1.58. The molecule has 1 unspecified atom stereocenters. The lowest BCUT2D eigenvalue weighted by Crippen LogP contribution is -2.37. The summed E-state index contributed by atoms with van der Waals surface area (Å²) in [5, 5.41) is 0. The largest absolute Gasteiger partial charge is 0.444 e. The average Bonchev–Trinajstić information content (AvgIpc) is 2.73. The molecule has 4 nitrogen and oxygen atoms in total. The van der Waals surface area contributed by atoms with Crippen LogP contribution in [0.25, 0.3) is 0 Å². The molecule has 19 heavy (non-hydrogen) atoms. The fourth-order valence-corrected chi connectivity index (χ4v) is 2.43. The molecule has 104 valence electrons. The third kappa shape index (κ3) is 3.25. The third-order valence-corrected chi connectivity index (χ3v) is 3.50. The Morgan fingerprint density at radius 2 is 2.00 bits per heavy atom. The summed E-state index contributed by atoms with van der Waals surface area (Å²) < 4.78 is 5.43. The number of ether oxygens (including phenoxy) is 1. The van der Waals surface area contributed by atoms with Crippen molar-refractivity contribution in [2.45, 2.75) is 45.1 Å². The van der Waals surface area contributed by atoms with E-state index >= 15 is 0 Å². The van der Waals surface area contributed by atoms with Gasteiger partial charge in [0, 0.05) is 30.9 Å². The molecule has 1 amide bonds. The molecule has 0 bridgehead atoms. The van der Waals surface area contributed by atoms with E-state index < -0.39 is 5.60 Å². The molecule has 1 aliphatic heterocycles. The summed E-state index contributed by atoms with van der Waals surface area (Å²) in [4.78, 5) is 17.9. The van der Waals surface area contributed by atoms with Crippen molar-refractivity contribution in [1.82, 2.24) is 9.88 Å². The van der Waals surface area contributed by atoms with Crippen molar-refractivity contribution in [1.29, 1.82) is 0 Å². The Morgan fingerprint density at radius 1 is 1.37 bits per heavy atom. The molecule has 0 N–H and O–H groups in total. The van der Waals surface area contributed by atoms with Crippen LogP contribution in [0, 0.1) is 0 Å². The zero-order chi connectivity index (χ0) is 14.1. The van der Waals surface area contributed by atoms with Crippen molar-refractivity contribution in [2.24, 2.45) is 0 Å². The summed E-state index contributed by atoms with van der Waals surface area (Å²) in [6, 6.07) is 4.05. The van der Waals surface area contributed by atoms with Gasteiger partial charge in [-0.25, -0.2) is 4.79 Å². The molecule has 4 heteroatoms. The average molecular weight is 262 g/mol. The number of nitrogens with zero attached hydrogens (tertiary/aromatic N) is 2. The lowest BCUT2D eigenvalue weighted by atomic mass is 9.82. The van der Waals surface area contributed by atoms with Crippen molar-refractivity contribution >= 4 is 6.09 Å². The predicted molar refractivity (Wildman–Crippen MR) is 74.0 cm³/mol. The van der Waals surface area contributed by atoms with E-state index in [1.807, 2.05) is 32.9 Å². The Bertz CT molecular complexity index is 453. The number of carbonyl (C=O) groups excluding carboxylic acids is 1. The van der Waals surface area contributed by atoms with Crippen LogP contribution in [0.2, 0.25) is 0 Å². The molecular weight excluding hydrogens is 240 g/mol. The Balaban J connectivity index is 2.06. The first-order valence-corrected chi connectivity index (χ1v) is 6.69. The number of hydrogen-bond donors (Lipinski definition) is 0. The van der Waals surface area contributed by atoms with Crippen LogP contribution in [0.3, 0.4) is 0 Å². The van der Waals surface area contributed by atoms with Crippen LogP contribution >= 0.6 is 0 Å². The van der Waals surface area contributed by atoms with Gasteiger partial charge in [0.15, 0.2) is 0 Å². The Morgan fingerprint density at radius 3 is 2.58 bits per heavy atom. The van der Waals surface area contributed by atoms with E-state index in [-0.39, 0.29) is 11.5 Å². The zero-order valence-corrected chi connectivity index (χ0v) is 12.1. The Labute approximate surface area is 114 Å². The van der Waals surface area contributed by atoms with Gasteiger partial charge in [-0.15, -0.1) is 0 Å². The quantitative estimate of drug-likeness (QED) is 0.781. The lowest BCUT2D eigenvalue weighted by Gasteiger charge is -2.27. The smallest absolute Gasteiger partial charge is 0.410 e. The van der Waals surface area contributed by atoms with Gasteiger partial charge in [0.25, 0.3) is 0 Å². The molecule has 1 aromatic rings. The van der Waals surface area contributed by atoms with Crippen molar-refractivity contribution < 1.29 is 9.53 Å². The van der Waals surface area contributed by atoms with E-state index in [0.717, 1.165) is 13.0 Å². The Kier molecular flexibility index (Phi) is 3.52. The SMILES string of the molecule is CC(C)(C)OC(=O)N1CCC(C)(c2ccncc2)C1. The van der Waals surface area contributed by atoms with Crippen molar-refractivity contribution in [2.75, 3.05) is 13.1 Å². The fourth-order valence-electron chi connectivity index (χ4n) is 2.43. The normalized spacial score (nSPS) is 23.5. The van der Waals surface area contributed by atoms with Gasteiger partial charge in [-0.2, -0.15) is 0 Å². The molecular formula is C15H22N2O2. The second kappa shape index (κ2) is 4.83. The van der Waals surface area contributed by atoms with E-state index in [1.165, 1.54) is 5.56 Å². The minimum Gasteiger partial charge on any atom is -0.444 e. The van der Waals surface area contributed by atoms with Gasteiger partial charge in [0.2, 0.25) is 0 Å². The number of aromatic nitrogens is 1. The van der Waals surface area contributed by atoms with Crippen LogP contribution in [0.1, 0.15) is 39.7 Å². The molecule has 0 aliphatic carbocycles. The highest BCUT2D eigenvalue weighted by atomic mass is 16.6. The van der Waals surface area contributed by atoms with E-state index in [0.29, 0.717) is 6.54 Å². The molecule has 0 spiro atoms. The number of likely N-dealkylation sites (tertiary alicyclic amines) is 1. The molecule has 1 fully saturated rings. The molecule has 1 atom stereocenters. The first kappa shape index (κ1) is 13.8. The lowest BCUT2D eigenvalue weighted by molar-refractivity contribution is 0.0285. The van der Waals surface area contributed by atoms with Crippen molar-refractivity contribution in [3.8, 4) is 0 Å². The van der Waals surface area contributed by atoms with Gasteiger partial charge in [0.1, 0.15) is 5.60 Å². The molecule has 1 aromatic heterocycles. The number of pyridine rings is 1. The van der Waals surface area contributed by atoms with Gasteiger partial charge >= 0.3 is 6.09 Å². The van der Waals surface area contributed by atoms with E-state index in [1.54, 1.807) is 17.3 Å². The van der Waals surface area contributed by atoms with Crippen LogP contribution in [0.4, 0.5) is 4.79 Å². The van der Waals surface area contributed by atoms with Crippen LogP contribution in [0.15, 0.2) is 24.5 Å². The molecule has 0 radical (unpaired) electrons. The number of rotatable bonds is 1. The summed E-state index contributed by atoms with van der Waals surface area (Å²) in [5.41, 5.74) is 0.792. The highest BCUT2D eigenvalue weighted by Gasteiger charge is 2.38. The van der Waals surface area contributed by atoms with Crippen LogP contribution in [0.5, 0.6) is 0 Å². The maximum Gasteiger partial charge on any atom is 0.410 e. The second-order valence-electron chi connectivity index (χ2n) is 6.45. The predicted octanol–water partition coefficient (Wildman–Crippen LogP) is 2.98. The zero-order valence-electron chi connectivity index (χ0n) is 12.1. The first-order chi connectivity index (χ1) is 8.80. The van der Waals surface area contributed by atoms with Gasteiger partial charge in [0.05, 0.1) is 0 Å². The minimum absolute atomic E-state index is 0.000154. The molecule has 0 saturated carbocycles. The molecule has 2 rings (SSSR count). The topological polar surface area (TPSA) is 42.4 Å². The highest BCUT2D eigenvalue weighted by molar-refractivity contribution is 5.69. The van der Waals surface area contributed by atoms with Crippen LogP contribution < -0.4 is 0 Å². The summed E-state index contributed by atoms with van der Waals surface area (Å²) in [5.74, 6) is 0. The van der Waals surface area contributed by atoms with E-state index in [4.69, 9.17) is 4.74 Å². The van der Waals surface area contributed by atoms with Gasteiger partial charge in [-0.05, 0) is 44.9 Å². The first-order valence-electron chi connectivity index (χ1n) is 6.69. The maximum atomic E-state index is 12.1. The van der Waals surface area contributed by atoms with Crippen molar-refractivity contribution in [3.63, 3.8) is 0 Å². The second-order valence-corrected chi connectivity index (χ2v) is 6.45. The maximum absolute atomic E-state index is 12.1. The van der Waals surface area contributed by atoms with Gasteiger partial charge in [-0.1, -0.05) is 6.92 Å². The molecule has 0 aromatic carbocycles. The summed E-state index contributed by atoms with van der Waals surface area (Å²) in [7, 11) is 0.